The fourth-order valence-corrected chi connectivity index (χ4v) is 3.59. The van der Waals surface area contributed by atoms with Crippen LogP contribution in [0.25, 0.3) is 6.08 Å². The number of anilines is 1. The molecule has 6 nitrogen and oxygen atoms in total. The molecule has 0 saturated heterocycles. The summed E-state index contributed by atoms with van der Waals surface area (Å²) in [6.07, 6.45) is 1.44. The van der Waals surface area contributed by atoms with Crippen molar-refractivity contribution in [2.45, 2.75) is 6.61 Å². The molecule has 33 heavy (non-hydrogen) atoms. The average Bonchev–Trinajstić information content (AvgIpc) is 2.80. The summed E-state index contributed by atoms with van der Waals surface area (Å²) in [5, 5.41) is 21.4. The molecule has 0 saturated carbocycles. The van der Waals surface area contributed by atoms with Crippen LogP contribution in [0.5, 0.6) is 5.75 Å². The Morgan fingerprint density at radius 3 is 2.48 bits per heavy atom. The van der Waals surface area contributed by atoms with Gasteiger partial charge in [0.2, 0.25) is 0 Å². The molecule has 3 aromatic carbocycles. The zero-order chi connectivity index (χ0) is 24.0. The highest BCUT2D eigenvalue weighted by Crippen LogP contribution is 2.30. The second-order valence-corrected chi connectivity index (χ2v) is 8.35. The summed E-state index contributed by atoms with van der Waals surface area (Å²) in [4.78, 5) is 23.4. The first-order valence-corrected chi connectivity index (χ1v) is 10.9. The van der Waals surface area contributed by atoms with Crippen LogP contribution >= 0.6 is 39.1 Å². The molecular weight excluding hydrogens is 531 g/mol. The molecule has 3 rings (SSSR count). The minimum atomic E-state index is -0.991. The number of nitriles is 1. The Balaban J connectivity index is 1.70. The van der Waals surface area contributed by atoms with E-state index < -0.39 is 11.9 Å². The molecule has 0 aliphatic carbocycles. The second kappa shape index (κ2) is 11.0. The number of carboxylic acid groups (broad SMARTS) is 1. The topological polar surface area (TPSA) is 99.4 Å². The summed E-state index contributed by atoms with van der Waals surface area (Å²) in [7, 11) is 0. The van der Waals surface area contributed by atoms with E-state index in [0.717, 1.165) is 5.56 Å². The highest BCUT2D eigenvalue weighted by atomic mass is 79.9. The van der Waals surface area contributed by atoms with Crippen LogP contribution in [-0.2, 0) is 11.4 Å². The zero-order valence-electron chi connectivity index (χ0n) is 16.8. The van der Waals surface area contributed by atoms with Crippen LogP contribution in [0.4, 0.5) is 5.69 Å². The molecule has 2 N–H and O–H groups in total. The molecule has 0 heterocycles. The summed E-state index contributed by atoms with van der Waals surface area (Å²) in [6.45, 7) is 0.236. The number of carbonyl (C=O) groups is 2. The van der Waals surface area contributed by atoms with Crippen LogP contribution in [0.3, 0.4) is 0 Å². The maximum absolute atomic E-state index is 12.5. The van der Waals surface area contributed by atoms with Crippen molar-refractivity contribution in [3.63, 3.8) is 0 Å². The lowest BCUT2D eigenvalue weighted by Crippen LogP contribution is -2.13. The Morgan fingerprint density at radius 2 is 1.85 bits per heavy atom. The highest BCUT2D eigenvalue weighted by molar-refractivity contribution is 9.10. The fourth-order valence-electron chi connectivity index (χ4n) is 2.73. The molecule has 0 atom stereocenters. The van der Waals surface area contributed by atoms with Gasteiger partial charge in [-0.15, -0.1) is 0 Å². The maximum atomic E-state index is 12.5. The van der Waals surface area contributed by atoms with E-state index in [1.54, 1.807) is 48.5 Å². The lowest BCUT2D eigenvalue weighted by atomic mass is 10.1. The second-order valence-electron chi connectivity index (χ2n) is 6.71. The third-order valence-electron chi connectivity index (χ3n) is 4.43. The van der Waals surface area contributed by atoms with Crippen LogP contribution < -0.4 is 10.1 Å². The van der Waals surface area contributed by atoms with Crippen LogP contribution in [0.15, 0.2) is 70.7 Å². The van der Waals surface area contributed by atoms with E-state index in [2.05, 4.69) is 21.2 Å². The smallest absolute Gasteiger partial charge is 0.335 e. The zero-order valence-corrected chi connectivity index (χ0v) is 19.9. The molecule has 3 aromatic rings. The molecular formula is C24H15BrCl2N2O4. The average molecular weight is 546 g/mol. The van der Waals surface area contributed by atoms with Gasteiger partial charge in [-0.2, -0.15) is 5.26 Å². The van der Waals surface area contributed by atoms with Crippen molar-refractivity contribution in [3.8, 4) is 11.8 Å². The lowest BCUT2D eigenvalue weighted by molar-refractivity contribution is -0.112. The predicted molar refractivity (Wildman–Crippen MR) is 131 cm³/mol. The van der Waals surface area contributed by atoms with Crippen molar-refractivity contribution in [2.75, 3.05) is 5.32 Å². The molecule has 9 heteroatoms. The Hall–Kier alpha value is -3.31. The standard InChI is InChI=1S/C24H15BrCl2N2O4/c25-18-11-15(6-9-21(18)33-13-14-4-7-16(8-5-14)24(31)32)10-17(12-28)23(30)29-20-3-1-2-19(26)22(20)27/h1-11H,13H2,(H,29,30)(H,31,32)/b17-10-. The lowest BCUT2D eigenvalue weighted by Gasteiger charge is -2.10. The number of nitrogens with zero attached hydrogens (tertiary/aromatic N) is 1. The molecule has 1 amide bonds. The van der Waals surface area contributed by atoms with Crippen molar-refractivity contribution in [2.24, 2.45) is 0 Å². The molecule has 0 spiro atoms. The van der Waals surface area contributed by atoms with Crippen molar-refractivity contribution in [1.82, 2.24) is 0 Å². The Morgan fingerprint density at radius 1 is 1.12 bits per heavy atom. The van der Waals surface area contributed by atoms with Gasteiger partial charge in [0.25, 0.3) is 5.91 Å². The van der Waals surface area contributed by atoms with E-state index in [-0.39, 0.29) is 27.8 Å². The number of carbonyl (C=O) groups excluding carboxylic acids is 1. The van der Waals surface area contributed by atoms with E-state index in [4.69, 9.17) is 33.0 Å². The van der Waals surface area contributed by atoms with Crippen LogP contribution in [0, 0.1) is 11.3 Å². The largest absolute Gasteiger partial charge is 0.488 e. The van der Waals surface area contributed by atoms with E-state index in [9.17, 15) is 14.9 Å². The normalized spacial score (nSPS) is 10.9. The Bertz CT molecular complexity index is 1280. The van der Waals surface area contributed by atoms with Gasteiger partial charge in [0.1, 0.15) is 24.0 Å². The van der Waals surface area contributed by atoms with Crippen LogP contribution in [-0.4, -0.2) is 17.0 Å². The van der Waals surface area contributed by atoms with Gasteiger partial charge in [0, 0.05) is 0 Å². The van der Waals surface area contributed by atoms with E-state index in [1.165, 1.54) is 18.2 Å². The van der Waals surface area contributed by atoms with Gasteiger partial charge in [-0.3, -0.25) is 4.79 Å². The summed E-state index contributed by atoms with van der Waals surface area (Å²) in [5.74, 6) is -1.07. The number of nitrogens with one attached hydrogen (secondary N) is 1. The fraction of sp³-hybridized carbons (Fsp3) is 0.0417. The van der Waals surface area contributed by atoms with E-state index in [0.29, 0.717) is 21.5 Å². The highest BCUT2D eigenvalue weighted by Gasteiger charge is 2.13. The van der Waals surface area contributed by atoms with Crippen LogP contribution in [0.2, 0.25) is 10.0 Å². The summed E-state index contributed by atoms with van der Waals surface area (Å²) < 4.78 is 6.39. The molecule has 0 unspecified atom stereocenters. The molecule has 0 aliphatic heterocycles. The number of hydrogen-bond donors (Lipinski definition) is 2. The molecule has 166 valence electrons. The van der Waals surface area contributed by atoms with Gasteiger partial charge in [-0.05, 0) is 69.5 Å². The Kier molecular flexibility index (Phi) is 8.12. The summed E-state index contributed by atoms with van der Waals surface area (Å²) in [6, 6.07) is 18.2. The number of aromatic carboxylic acids is 1. The quantitative estimate of drug-likeness (QED) is 0.258. The first-order valence-electron chi connectivity index (χ1n) is 9.40. The number of rotatable bonds is 7. The van der Waals surface area contributed by atoms with Crippen LogP contribution in [0.1, 0.15) is 21.5 Å². The minimum Gasteiger partial charge on any atom is -0.488 e. The van der Waals surface area contributed by atoms with E-state index >= 15 is 0 Å². The van der Waals surface area contributed by atoms with Crippen molar-refractivity contribution < 1.29 is 19.4 Å². The van der Waals surface area contributed by atoms with Crippen molar-refractivity contribution >= 4 is 62.8 Å². The number of hydrogen-bond acceptors (Lipinski definition) is 4. The Labute approximate surface area is 208 Å². The van der Waals surface area contributed by atoms with Gasteiger partial charge in [-0.25, -0.2) is 4.79 Å². The number of halogens is 3. The molecule has 0 bridgehead atoms. The number of ether oxygens (including phenoxy) is 1. The maximum Gasteiger partial charge on any atom is 0.335 e. The van der Waals surface area contributed by atoms with Crippen molar-refractivity contribution in [1.29, 1.82) is 5.26 Å². The van der Waals surface area contributed by atoms with Crippen molar-refractivity contribution in [3.05, 3.63) is 97.4 Å². The number of benzene rings is 3. The summed E-state index contributed by atoms with van der Waals surface area (Å²) in [5.41, 5.74) is 1.79. The third-order valence-corrected chi connectivity index (χ3v) is 5.87. The van der Waals surface area contributed by atoms with Gasteiger partial charge in [0.15, 0.2) is 0 Å². The number of amides is 1. The third kappa shape index (κ3) is 6.36. The summed E-state index contributed by atoms with van der Waals surface area (Å²) >= 11 is 15.5. The molecule has 0 aliphatic rings. The first-order chi connectivity index (χ1) is 15.8. The minimum absolute atomic E-state index is 0.120. The van der Waals surface area contributed by atoms with Gasteiger partial charge in [-0.1, -0.05) is 47.5 Å². The molecule has 0 aromatic heterocycles. The first kappa shape index (κ1) is 24.3. The van der Waals surface area contributed by atoms with Gasteiger partial charge < -0.3 is 15.2 Å². The number of carboxylic acids is 1. The molecule has 0 radical (unpaired) electrons. The SMILES string of the molecule is N#C/C(=C/c1ccc(OCc2ccc(C(=O)O)cc2)c(Br)c1)C(=O)Nc1cccc(Cl)c1Cl. The monoisotopic (exact) mass is 544 g/mol. The predicted octanol–water partition coefficient (Wildman–Crippen LogP) is 6.58. The van der Waals surface area contributed by atoms with Gasteiger partial charge >= 0.3 is 5.97 Å². The van der Waals surface area contributed by atoms with E-state index in [1.807, 2.05) is 6.07 Å². The van der Waals surface area contributed by atoms with Gasteiger partial charge in [0.05, 0.1) is 25.8 Å². The molecule has 0 fully saturated rings.